The van der Waals surface area contributed by atoms with Crippen molar-refractivity contribution in [1.82, 2.24) is 9.88 Å². The summed E-state index contributed by atoms with van der Waals surface area (Å²) in [5.74, 6) is 0. The minimum absolute atomic E-state index is 0.762. The van der Waals surface area contributed by atoms with E-state index in [1.807, 2.05) is 12.1 Å². The largest absolute Gasteiger partial charge is 0.398 e. The number of hydrogen-bond donors (Lipinski definition) is 1. The van der Waals surface area contributed by atoms with Crippen LogP contribution in [0.2, 0.25) is 0 Å². The van der Waals surface area contributed by atoms with E-state index in [9.17, 15) is 0 Å². The molecule has 0 saturated carbocycles. The van der Waals surface area contributed by atoms with Crippen LogP contribution in [0.3, 0.4) is 0 Å². The molecule has 1 aliphatic rings. The Balaban J connectivity index is 1.41. The van der Waals surface area contributed by atoms with E-state index in [2.05, 4.69) is 83.5 Å². The van der Waals surface area contributed by atoms with Gasteiger partial charge in [0, 0.05) is 48.5 Å². The van der Waals surface area contributed by atoms with Crippen LogP contribution in [0.5, 0.6) is 0 Å². The van der Waals surface area contributed by atoms with Gasteiger partial charge in [-0.05, 0) is 48.0 Å². The Morgan fingerprint density at radius 2 is 1.48 bits per heavy atom. The van der Waals surface area contributed by atoms with Crippen molar-refractivity contribution < 1.29 is 0 Å². The van der Waals surface area contributed by atoms with Gasteiger partial charge in [0.05, 0.1) is 11.2 Å². The lowest BCUT2D eigenvalue weighted by molar-refractivity contribution is 0.271. The number of nitrogen functional groups attached to an aromatic ring is 1. The third-order valence-corrected chi connectivity index (χ3v) is 6.30. The summed E-state index contributed by atoms with van der Waals surface area (Å²) >= 11 is 0. The molecule has 1 aliphatic heterocycles. The first kappa shape index (κ1) is 19.6. The van der Waals surface area contributed by atoms with Crippen LogP contribution in [0.15, 0.2) is 78.9 Å². The van der Waals surface area contributed by atoms with E-state index >= 15 is 0 Å². The molecule has 0 amide bonds. The second-order valence-electron chi connectivity index (χ2n) is 8.16. The molecule has 4 aromatic rings. The van der Waals surface area contributed by atoms with Gasteiger partial charge in [-0.1, -0.05) is 55.5 Å². The highest BCUT2D eigenvalue weighted by Gasteiger charge is 2.16. The van der Waals surface area contributed by atoms with Gasteiger partial charge in [0.2, 0.25) is 0 Å². The Kier molecular flexibility index (Phi) is 5.31. The highest BCUT2D eigenvalue weighted by Crippen LogP contribution is 2.31. The van der Waals surface area contributed by atoms with Gasteiger partial charge < -0.3 is 15.5 Å². The normalized spacial score (nSPS) is 14.8. The van der Waals surface area contributed by atoms with E-state index in [1.165, 1.54) is 11.3 Å². The summed E-state index contributed by atoms with van der Waals surface area (Å²) in [6, 6.07) is 27.4. The van der Waals surface area contributed by atoms with Gasteiger partial charge in [-0.3, -0.25) is 0 Å². The molecule has 1 fully saturated rings. The topological polar surface area (TPSA) is 45.4 Å². The Morgan fingerprint density at radius 3 is 2.19 bits per heavy atom. The third-order valence-electron chi connectivity index (χ3n) is 6.30. The standard InChI is InChI=1S/C27H28N4/c1-2-30-14-16-31(17-15-30)23-11-8-21(9-12-23)27-19-25(28)24-18-22(10-13-26(24)29-27)20-6-4-3-5-7-20/h3-13,18-19H,2,14-17H2,1H3,(H2,28,29). The average molecular weight is 409 g/mol. The highest BCUT2D eigenvalue weighted by molar-refractivity contribution is 5.95. The number of hydrogen-bond acceptors (Lipinski definition) is 4. The summed E-state index contributed by atoms with van der Waals surface area (Å²) < 4.78 is 0. The fraction of sp³-hybridized carbons (Fsp3) is 0.222. The summed E-state index contributed by atoms with van der Waals surface area (Å²) in [4.78, 5) is 9.86. The SMILES string of the molecule is CCN1CCN(c2ccc(-c3cc(N)c4cc(-c5ccccc5)ccc4n3)cc2)CC1. The van der Waals surface area contributed by atoms with Crippen LogP contribution in [-0.4, -0.2) is 42.6 Å². The van der Waals surface area contributed by atoms with E-state index < -0.39 is 0 Å². The number of benzene rings is 3. The van der Waals surface area contributed by atoms with Crippen molar-refractivity contribution in [3.8, 4) is 22.4 Å². The Morgan fingerprint density at radius 1 is 0.774 bits per heavy atom. The minimum atomic E-state index is 0.762. The predicted octanol–water partition coefficient (Wildman–Crippen LogP) is 5.29. The maximum atomic E-state index is 6.46. The van der Waals surface area contributed by atoms with Crippen molar-refractivity contribution in [2.45, 2.75) is 6.92 Å². The Bertz CT molecular complexity index is 1180. The van der Waals surface area contributed by atoms with Gasteiger partial charge in [0.25, 0.3) is 0 Å². The number of aromatic nitrogens is 1. The molecule has 0 spiro atoms. The maximum absolute atomic E-state index is 6.46. The molecule has 2 heterocycles. The zero-order valence-corrected chi connectivity index (χ0v) is 18.0. The number of fused-ring (bicyclic) bond motifs is 1. The lowest BCUT2D eigenvalue weighted by atomic mass is 10.0. The van der Waals surface area contributed by atoms with E-state index in [-0.39, 0.29) is 0 Å². The summed E-state index contributed by atoms with van der Waals surface area (Å²) in [6.07, 6.45) is 0. The zero-order chi connectivity index (χ0) is 21.2. The number of piperazine rings is 1. The van der Waals surface area contributed by atoms with E-state index in [0.29, 0.717) is 0 Å². The first-order chi connectivity index (χ1) is 15.2. The number of rotatable bonds is 4. The molecule has 5 rings (SSSR count). The van der Waals surface area contributed by atoms with Crippen molar-refractivity contribution in [2.24, 2.45) is 0 Å². The molecule has 31 heavy (non-hydrogen) atoms. The Hall–Kier alpha value is -3.37. The molecular weight excluding hydrogens is 380 g/mol. The van der Waals surface area contributed by atoms with E-state index in [4.69, 9.17) is 10.7 Å². The van der Waals surface area contributed by atoms with E-state index in [0.717, 1.165) is 66.1 Å². The highest BCUT2D eigenvalue weighted by atomic mass is 15.3. The smallest absolute Gasteiger partial charge is 0.0730 e. The molecule has 0 bridgehead atoms. The van der Waals surface area contributed by atoms with Crippen LogP contribution < -0.4 is 10.6 Å². The molecule has 4 nitrogen and oxygen atoms in total. The molecule has 0 aliphatic carbocycles. The van der Waals surface area contributed by atoms with Gasteiger partial charge in [-0.2, -0.15) is 0 Å². The van der Waals surface area contributed by atoms with E-state index in [1.54, 1.807) is 0 Å². The second-order valence-corrected chi connectivity index (χ2v) is 8.16. The molecule has 0 radical (unpaired) electrons. The van der Waals surface area contributed by atoms with Gasteiger partial charge in [0.1, 0.15) is 0 Å². The fourth-order valence-corrected chi connectivity index (χ4v) is 4.38. The van der Waals surface area contributed by atoms with Crippen LogP contribution in [-0.2, 0) is 0 Å². The number of nitrogens with zero attached hydrogens (tertiary/aromatic N) is 3. The quantitative estimate of drug-likeness (QED) is 0.498. The van der Waals surface area contributed by atoms with Crippen molar-refractivity contribution in [3.05, 3.63) is 78.9 Å². The monoisotopic (exact) mass is 408 g/mol. The lowest BCUT2D eigenvalue weighted by Gasteiger charge is -2.35. The lowest BCUT2D eigenvalue weighted by Crippen LogP contribution is -2.46. The molecule has 2 N–H and O–H groups in total. The minimum Gasteiger partial charge on any atom is -0.398 e. The number of anilines is 2. The predicted molar refractivity (Wildman–Crippen MR) is 131 cm³/mol. The van der Waals surface area contributed by atoms with Crippen LogP contribution >= 0.6 is 0 Å². The summed E-state index contributed by atoms with van der Waals surface area (Å²) in [7, 11) is 0. The summed E-state index contributed by atoms with van der Waals surface area (Å²) in [5, 5.41) is 0.996. The molecular formula is C27H28N4. The average Bonchev–Trinajstić information content (AvgIpc) is 2.84. The van der Waals surface area contributed by atoms with Gasteiger partial charge >= 0.3 is 0 Å². The molecule has 1 aromatic heterocycles. The maximum Gasteiger partial charge on any atom is 0.0730 e. The number of likely N-dealkylation sites (N-methyl/N-ethyl adjacent to an activating group) is 1. The third kappa shape index (κ3) is 3.99. The molecule has 4 heteroatoms. The van der Waals surface area contributed by atoms with Crippen molar-refractivity contribution in [2.75, 3.05) is 43.4 Å². The summed E-state index contributed by atoms with van der Waals surface area (Å²) in [6.45, 7) is 7.79. The molecule has 156 valence electrons. The van der Waals surface area contributed by atoms with Crippen LogP contribution in [0, 0.1) is 0 Å². The fourth-order valence-electron chi connectivity index (χ4n) is 4.38. The number of nitrogens with two attached hydrogens (primary N) is 1. The number of pyridine rings is 1. The van der Waals surface area contributed by atoms with Crippen molar-refractivity contribution >= 4 is 22.3 Å². The van der Waals surface area contributed by atoms with Crippen molar-refractivity contribution in [3.63, 3.8) is 0 Å². The van der Waals surface area contributed by atoms with Gasteiger partial charge in [-0.15, -0.1) is 0 Å². The molecule has 1 saturated heterocycles. The zero-order valence-electron chi connectivity index (χ0n) is 18.0. The van der Waals surface area contributed by atoms with Crippen LogP contribution in [0.4, 0.5) is 11.4 Å². The molecule has 0 unspecified atom stereocenters. The molecule has 0 atom stereocenters. The Labute approximate surface area is 183 Å². The molecule has 3 aromatic carbocycles. The summed E-state index contributed by atoms with van der Waals surface area (Å²) in [5.41, 5.74) is 13.8. The first-order valence-electron chi connectivity index (χ1n) is 11.0. The van der Waals surface area contributed by atoms with Crippen LogP contribution in [0.1, 0.15) is 6.92 Å². The van der Waals surface area contributed by atoms with Gasteiger partial charge in [-0.25, -0.2) is 4.98 Å². The van der Waals surface area contributed by atoms with Gasteiger partial charge in [0.15, 0.2) is 0 Å². The first-order valence-corrected chi connectivity index (χ1v) is 11.0. The second kappa shape index (κ2) is 8.40. The van der Waals surface area contributed by atoms with Crippen LogP contribution in [0.25, 0.3) is 33.3 Å². The van der Waals surface area contributed by atoms with Crippen molar-refractivity contribution in [1.29, 1.82) is 0 Å².